The van der Waals surface area contributed by atoms with Crippen LogP contribution in [-0.4, -0.2) is 28.3 Å². The Balaban J connectivity index is 4.78. The standard InChI is InChI=1S/C9H14O5/c1-5(10)4-8(14-7(3)11)6(2)9(12)13/h5,10H,4H2,1-3H3,(H,12,13). The molecule has 1 atom stereocenters. The lowest BCUT2D eigenvalue weighted by Gasteiger charge is -2.10. The topological polar surface area (TPSA) is 83.8 Å². The third kappa shape index (κ3) is 4.61. The van der Waals surface area contributed by atoms with E-state index in [1.54, 1.807) is 0 Å². The minimum Gasteiger partial charge on any atom is -0.478 e. The first-order valence-electron chi connectivity index (χ1n) is 4.14. The van der Waals surface area contributed by atoms with Crippen LogP contribution in [0.3, 0.4) is 0 Å². The Morgan fingerprint density at radius 2 is 1.86 bits per heavy atom. The van der Waals surface area contributed by atoms with Crippen LogP contribution in [0.4, 0.5) is 0 Å². The third-order valence-electron chi connectivity index (χ3n) is 1.49. The molecule has 5 nitrogen and oxygen atoms in total. The molecule has 0 saturated heterocycles. The second kappa shape index (κ2) is 5.39. The van der Waals surface area contributed by atoms with E-state index >= 15 is 0 Å². The van der Waals surface area contributed by atoms with Crippen molar-refractivity contribution in [3.8, 4) is 0 Å². The molecule has 0 fully saturated rings. The van der Waals surface area contributed by atoms with Crippen molar-refractivity contribution < 1.29 is 24.5 Å². The number of rotatable bonds is 4. The van der Waals surface area contributed by atoms with Crippen molar-refractivity contribution in [1.82, 2.24) is 0 Å². The number of esters is 1. The van der Waals surface area contributed by atoms with Gasteiger partial charge in [-0.3, -0.25) is 4.79 Å². The van der Waals surface area contributed by atoms with Crippen LogP contribution in [0, 0.1) is 0 Å². The van der Waals surface area contributed by atoms with Crippen LogP contribution >= 0.6 is 0 Å². The largest absolute Gasteiger partial charge is 0.478 e. The maximum atomic E-state index is 10.6. The normalized spacial score (nSPS) is 14.3. The van der Waals surface area contributed by atoms with E-state index in [0.29, 0.717) is 0 Å². The number of aliphatic hydroxyl groups excluding tert-OH is 1. The molecule has 14 heavy (non-hydrogen) atoms. The lowest BCUT2D eigenvalue weighted by Crippen LogP contribution is -2.12. The molecular formula is C9H14O5. The summed E-state index contributed by atoms with van der Waals surface area (Å²) in [5.41, 5.74) is -0.0684. The predicted octanol–water partition coefficient (Wildman–Crippen LogP) is 0.679. The number of ether oxygens (including phenoxy) is 1. The summed E-state index contributed by atoms with van der Waals surface area (Å²) in [5, 5.41) is 17.7. The van der Waals surface area contributed by atoms with Crippen LogP contribution in [0.2, 0.25) is 0 Å². The molecule has 0 heterocycles. The second-order valence-electron chi connectivity index (χ2n) is 3.00. The molecule has 0 aliphatic carbocycles. The van der Waals surface area contributed by atoms with Gasteiger partial charge in [-0.05, 0) is 13.8 Å². The van der Waals surface area contributed by atoms with Crippen LogP contribution in [0.25, 0.3) is 0 Å². The molecule has 0 aliphatic heterocycles. The van der Waals surface area contributed by atoms with Crippen LogP contribution in [0.1, 0.15) is 27.2 Å². The summed E-state index contributed by atoms with van der Waals surface area (Å²) in [5.74, 6) is -1.76. The summed E-state index contributed by atoms with van der Waals surface area (Å²) < 4.78 is 4.68. The molecule has 0 amide bonds. The summed E-state index contributed by atoms with van der Waals surface area (Å²) in [7, 11) is 0. The Hall–Kier alpha value is -1.36. The van der Waals surface area contributed by atoms with Gasteiger partial charge in [0.15, 0.2) is 0 Å². The minimum atomic E-state index is -1.16. The molecule has 0 saturated carbocycles. The Morgan fingerprint density at radius 3 is 2.14 bits per heavy atom. The minimum absolute atomic E-state index is 0.000000000000000444. The molecule has 5 heteroatoms. The van der Waals surface area contributed by atoms with E-state index in [4.69, 9.17) is 10.2 Å². The van der Waals surface area contributed by atoms with E-state index in [0.717, 1.165) is 0 Å². The molecule has 0 bridgehead atoms. The van der Waals surface area contributed by atoms with Gasteiger partial charge in [-0.25, -0.2) is 4.79 Å². The summed E-state index contributed by atoms with van der Waals surface area (Å²) in [6.45, 7) is 3.98. The zero-order valence-corrected chi connectivity index (χ0v) is 8.40. The molecule has 1 unspecified atom stereocenters. The molecule has 0 aliphatic rings. The molecule has 0 aromatic rings. The molecule has 2 N–H and O–H groups in total. The third-order valence-corrected chi connectivity index (χ3v) is 1.49. The quantitative estimate of drug-likeness (QED) is 0.398. The van der Waals surface area contributed by atoms with Crippen molar-refractivity contribution in [2.45, 2.75) is 33.3 Å². The molecule has 0 aromatic carbocycles. The summed E-state index contributed by atoms with van der Waals surface area (Å²) in [6, 6.07) is 0. The van der Waals surface area contributed by atoms with Crippen LogP contribution < -0.4 is 0 Å². The smallest absolute Gasteiger partial charge is 0.334 e. The zero-order chi connectivity index (χ0) is 11.3. The lowest BCUT2D eigenvalue weighted by atomic mass is 10.1. The molecule has 0 aromatic heterocycles. The van der Waals surface area contributed by atoms with Gasteiger partial charge in [0.1, 0.15) is 5.76 Å². The highest BCUT2D eigenvalue weighted by atomic mass is 16.5. The van der Waals surface area contributed by atoms with Gasteiger partial charge in [0.25, 0.3) is 0 Å². The highest BCUT2D eigenvalue weighted by Crippen LogP contribution is 2.13. The molecule has 0 spiro atoms. The van der Waals surface area contributed by atoms with E-state index in [2.05, 4.69) is 4.74 Å². The number of carboxylic acids is 1. The fourth-order valence-corrected chi connectivity index (χ4v) is 0.832. The first-order chi connectivity index (χ1) is 6.34. The number of hydrogen-bond donors (Lipinski definition) is 2. The van der Waals surface area contributed by atoms with Crippen LogP contribution in [0.15, 0.2) is 11.3 Å². The van der Waals surface area contributed by atoms with Crippen LogP contribution in [-0.2, 0) is 14.3 Å². The zero-order valence-electron chi connectivity index (χ0n) is 8.40. The number of carboxylic acid groups (broad SMARTS) is 1. The fraction of sp³-hybridized carbons (Fsp3) is 0.556. The second-order valence-corrected chi connectivity index (χ2v) is 3.00. The first kappa shape index (κ1) is 12.6. The van der Waals surface area contributed by atoms with E-state index in [1.165, 1.54) is 20.8 Å². The van der Waals surface area contributed by atoms with Gasteiger partial charge in [0, 0.05) is 13.3 Å². The van der Waals surface area contributed by atoms with E-state index < -0.39 is 18.0 Å². The van der Waals surface area contributed by atoms with Crippen molar-refractivity contribution in [3.05, 3.63) is 11.3 Å². The van der Waals surface area contributed by atoms with Crippen molar-refractivity contribution >= 4 is 11.9 Å². The van der Waals surface area contributed by atoms with Crippen molar-refractivity contribution in [3.63, 3.8) is 0 Å². The number of carbonyl (C=O) groups is 2. The van der Waals surface area contributed by atoms with E-state index in [-0.39, 0.29) is 17.8 Å². The van der Waals surface area contributed by atoms with Gasteiger partial charge < -0.3 is 14.9 Å². The van der Waals surface area contributed by atoms with E-state index in [1.807, 2.05) is 0 Å². The van der Waals surface area contributed by atoms with Crippen molar-refractivity contribution in [2.24, 2.45) is 0 Å². The van der Waals surface area contributed by atoms with Gasteiger partial charge in [-0.15, -0.1) is 0 Å². The Morgan fingerprint density at radius 1 is 1.36 bits per heavy atom. The maximum Gasteiger partial charge on any atom is 0.334 e. The summed E-state index contributed by atoms with van der Waals surface area (Å²) in [4.78, 5) is 21.2. The average Bonchev–Trinajstić information content (AvgIpc) is 1.99. The Kier molecular flexibility index (Phi) is 4.86. The number of aliphatic hydroxyl groups is 1. The van der Waals surface area contributed by atoms with Gasteiger partial charge in [0.2, 0.25) is 0 Å². The number of hydrogen-bond acceptors (Lipinski definition) is 4. The summed E-state index contributed by atoms with van der Waals surface area (Å²) >= 11 is 0. The number of carbonyl (C=O) groups excluding carboxylic acids is 1. The molecule has 80 valence electrons. The SMILES string of the molecule is CC(=O)OC(CC(C)O)=C(C)C(=O)O. The summed E-state index contributed by atoms with van der Waals surface area (Å²) in [6.07, 6.45) is -0.740. The Bertz CT molecular complexity index is 264. The van der Waals surface area contributed by atoms with Gasteiger partial charge >= 0.3 is 11.9 Å². The highest BCUT2D eigenvalue weighted by Gasteiger charge is 2.14. The molecule has 0 rings (SSSR count). The monoisotopic (exact) mass is 202 g/mol. The van der Waals surface area contributed by atoms with Gasteiger partial charge in [-0.1, -0.05) is 0 Å². The number of aliphatic carboxylic acids is 1. The lowest BCUT2D eigenvalue weighted by molar-refractivity contribution is -0.137. The molecular weight excluding hydrogens is 188 g/mol. The first-order valence-corrected chi connectivity index (χ1v) is 4.14. The predicted molar refractivity (Wildman–Crippen MR) is 48.4 cm³/mol. The van der Waals surface area contributed by atoms with Gasteiger partial charge in [0.05, 0.1) is 11.7 Å². The van der Waals surface area contributed by atoms with Crippen molar-refractivity contribution in [1.29, 1.82) is 0 Å². The van der Waals surface area contributed by atoms with Crippen molar-refractivity contribution in [2.75, 3.05) is 0 Å². The van der Waals surface area contributed by atoms with E-state index in [9.17, 15) is 9.59 Å². The maximum absolute atomic E-state index is 10.6. The van der Waals surface area contributed by atoms with Crippen LogP contribution in [0.5, 0.6) is 0 Å². The average molecular weight is 202 g/mol. The fourth-order valence-electron chi connectivity index (χ4n) is 0.832. The Labute approximate surface area is 82.0 Å². The van der Waals surface area contributed by atoms with Gasteiger partial charge in [-0.2, -0.15) is 0 Å². The molecule has 0 radical (unpaired) electrons. The highest BCUT2D eigenvalue weighted by molar-refractivity contribution is 5.87.